The lowest BCUT2D eigenvalue weighted by Crippen LogP contribution is -2.20. The lowest BCUT2D eigenvalue weighted by molar-refractivity contribution is -0.118. The fraction of sp³-hybridized carbons (Fsp3) is 0.188. The van der Waals surface area contributed by atoms with Crippen LogP contribution in [-0.2, 0) is 11.4 Å². The third kappa shape index (κ3) is 4.22. The first-order valence-electron chi connectivity index (χ1n) is 6.57. The van der Waals surface area contributed by atoms with E-state index in [4.69, 9.17) is 15.6 Å². The molecule has 2 aromatic rings. The zero-order chi connectivity index (χ0) is 15.2. The largest absolute Gasteiger partial charge is 0.484 e. The molecule has 0 aliphatic carbocycles. The van der Waals surface area contributed by atoms with E-state index < -0.39 is 0 Å². The second-order valence-corrected chi connectivity index (χ2v) is 4.72. The number of carbonyl (C=O) groups excluding carboxylic acids is 1. The van der Waals surface area contributed by atoms with Gasteiger partial charge in [0.05, 0.1) is 6.61 Å². The summed E-state index contributed by atoms with van der Waals surface area (Å²) in [4.78, 5) is 11.9. The van der Waals surface area contributed by atoms with Gasteiger partial charge in [-0.05, 0) is 48.4 Å². The summed E-state index contributed by atoms with van der Waals surface area (Å²) in [6.45, 7) is 1.71. The summed E-state index contributed by atoms with van der Waals surface area (Å²) in [6.07, 6.45) is 0. The van der Waals surface area contributed by atoms with Crippen LogP contribution < -0.4 is 15.8 Å². The molecule has 0 aliphatic rings. The molecule has 21 heavy (non-hydrogen) atoms. The lowest BCUT2D eigenvalue weighted by atomic mass is 10.2. The number of rotatable bonds is 5. The third-order valence-corrected chi connectivity index (χ3v) is 2.98. The molecular weight excluding hydrogens is 268 g/mol. The summed E-state index contributed by atoms with van der Waals surface area (Å²) >= 11 is 0. The average molecular weight is 286 g/mol. The number of aryl methyl sites for hydroxylation is 1. The highest BCUT2D eigenvalue weighted by Crippen LogP contribution is 2.18. The van der Waals surface area contributed by atoms with E-state index in [1.807, 2.05) is 6.92 Å². The van der Waals surface area contributed by atoms with Crippen molar-refractivity contribution in [1.29, 1.82) is 0 Å². The predicted molar refractivity (Wildman–Crippen MR) is 82.1 cm³/mol. The molecule has 0 unspecified atom stereocenters. The summed E-state index contributed by atoms with van der Waals surface area (Å²) < 4.78 is 5.40. The molecule has 0 saturated carbocycles. The Morgan fingerprint density at radius 2 is 2.10 bits per heavy atom. The topological polar surface area (TPSA) is 84.6 Å². The van der Waals surface area contributed by atoms with Gasteiger partial charge in [-0.2, -0.15) is 0 Å². The van der Waals surface area contributed by atoms with E-state index in [1.54, 1.807) is 42.5 Å². The van der Waals surface area contributed by atoms with Crippen LogP contribution in [0.25, 0.3) is 0 Å². The number of carbonyl (C=O) groups is 1. The maximum absolute atomic E-state index is 11.9. The minimum atomic E-state index is -0.253. The van der Waals surface area contributed by atoms with E-state index >= 15 is 0 Å². The van der Waals surface area contributed by atoms with E-state index in [0.717, 1.165) is 11.1 Å². The van der Waals surface area contributed by atoms with Crippen LogP contribution in [-0.4, -0.2) is 17.6 Å². The fourth-order valence-electron chi connectivity index (χ4n) is 1.90. The molecule has 0 radical (unpaired) electrons. The van der Waals surface area contributed by atoms with Gasteiger partial charge in [0.1, 0.15) is 5.75 Å². The van der Waals surface area contributed by atoms with Gasteiger partial charge in [-0.15, -0.1) is 0 Å². The molecule has 0 fully saturated rings. The predicted octanol–water partition coefficient (Wildman–Crippen LogP) is 2.09. The number of anilines is 2. The zero-order valence-electron chi connectivity index (χ0n) is 11.8. The van der Waals surface area contributed by atoms with Gasteiger partial charge in [-0.1, -0.05) is 12.1 Å². The standard InChI is InChI=1S/C16H18N2O3/c1-11-7-13(17)5-6-15(11)18-16(20)10-21-14-4-2-3-12(8-14)9-19/h2-8,19H,9-10,17H2,1H3,(H,18,20). The number of nitrogens with two attached hydrogens (primary N) is 1. The second-order valence-electron chi connectivity index (χ2n) is 4.72. The van der Waals surface area contributed by atoms with Crippen molar-refractivity contribution < 1.29 is 14.6 Å². The van der Waals surface area contributed by atoms with Crippen LogP contribution in [0.5, 0.6) is 5.75 Å². The highest BCUT2D eigenvalue weighted by Gasteiger charge is 2.06. The van der Waals surface area contributed by atoms with Gasteiger partial charge in [0.2, 0.25) is 0 Å². The van der Waals surface area contributed by atoms with Crippen molar-refractivity contribution in [2.45, 2.75) is 13.5 Å². The molecule has 110 valence electrons. The molecule has 0 spiro atoms. The Balaban J connectivity index is 1.92. The van der Waals surface area contributed by atoms with Crippen molar-refractivity contribution in [2.24, 2.45) is 0 Å². The highest BCUT2D eigenvalue weighted by atomic mass is 16.5. The van der Waals surface area contributed by atoms with Gasteiger partial charge in [-0.25, -0.2) is 0 Å². The van der Waals surface area contributed by atoms with Crippen molar-refractivity contribution in [2.75, 3.05) is 17.7 Å². The lowest BCUT2D eigenvalue weighted by Gasteiger charge is -2.10. The average Bonchev–Trinajstić information content (AvgIpc) is 2.48. The molecule has 5 nitrogen and oxygen atoms in total. The number of benzene rings is 2. The molecule has 2 aromatic carbocycles. The van der Waals surface area contributed by atoms with E-state index in [0.29, 0.717) is 17.1 Å². The molecule has 4 N–H and O–H groups in total. The van der Waals surface area contributed by atoms with Gasteiger partial charge in [-0.3, -0.25) is 4.79 Å². The van der Waals surface area contributed by atoms with Crippen LogP contribution in [0.1, 0.15) is 11.1 Å². The quantitative estimate of drug-likeness (QED) is 0.735. The van der Waals surface area contributed by atoms with Gasteiger partial charge in [0.25, 0.3) is 5.91 Å². The van der Waals surface area contributed by atoms with Crippen molar-refractivity contribution in [3.63, 3.8) is 0 Å². The first-order chi connectivity index (χ1) is 10.1. The third-order valence-electron chi connectivity index (χ3n) is 2.98. The molecule has 0 aliphatic heterocycles. The summed E-state index contributed by atoms with van der Waals surface area (Å²) in [5, 5.41) is 11.8. The van der Waals surface area contributed by atoms with Crippen molar-refractivity contribution in [1.82, 2.24) is 0 Å². The first kappa shape index (κ1) is 14.9. The number of hydrogen-bond donors (Lipinski definition) is 3. The molecule has 0 bridgehead atoms. The zero-order valence-corrected chi connectivity index (χ0v) is 11.8. The molecule has 5 heteroatoms. The Morgan fingerprint density at radius 3 is 2.81 bits per heavy atom. The summed E-state index contributed by atoms with van der Waals surface area (Å²) in [5.74, 6) is 0.294. The molecule has 0 aromatic heterocycles. The van der Waals surface area contributed by atoms with Crippen LogP contribution in [0.3, 0.4) is 0 Å². The Morgan fingerprint density at radius 1 is 1.29 bits per heavy atom. The van der Waals surface area contributed by atoms with Crippen molar-refractivity contribution >= 4 is 17.3 Å². The van der Waals surface area contributed by atoms with Crippen LogP contribution in [0.2, 0.25) is 0 Å². The van der Waals surface area contributed by atoms with Crippen LogP contribution in [0.15, 0.2) is 42.5 Å². The molecular formula is C16H18N2O3. The number of ether oxygens (including phenoxy) is 1. The Hall–Kier alpha value is -2.53. The Labute approximate surface area is 123 Å². The van der Waals surface area contributed by atoms with E-state index in [2.05, 4.69) is 5.32 Å². The van der Waals surface area contributed by atoms with E-state index in [-0.39, 0.29) is 19.1 Å². The molecule has 2 rings (SSSR count). The molecule has 0 saturated heterocycles. The van der Waals surface area contributed by atoms with Gasteiger partial charge < -0.3 is 20.9 Å². The smallest absolute Gasteiger partial charge is 0.262 e. The number of amides is 1. The summed E-state index contributed by atoms with van der Waals surface area (Å²) in [6, 6.07) is 12.3. The minimum Gasteiger partial charge on any atom is -0.484 e. The number of nitrogen functional groups attached to an aromatic ring is 1. The van der Waals surface area contributed by atoms with E-state index in [9.17, 15) is 4.79 Å². The van der Waals surface area contributed by atoms with Crippen molar-refractivity contribution in [3.8, 4) is 5.75 Å². The normalized spacial score (nSPS) is 10.2. The number of nitrogens with one attached hydrogen (secondary N) is 1. The van der Waals surface area contributed by atoms with Crippen molar-refractivity contribution in [3.05, 3.63) is 53.6 Å². The Bertz CT molecular complexity index is 641. The van der Waals surface area contributed by atoms with Crippen LogP contribution >= 0.6 is 0 Å². The van der Waals surface area contributed by atoms with Gasteiger partial charge in [0, 0.05) is 11.4 Å². The number of hydrogen-bond acceptors (Lipinski definition) is 4. The van der Waals surface area contributed by atoms with Crippen LogP contribution in [0, 0.1) is 6.92 Å². The Kier molecular flexibility index (Phi) is 4.79. The molecule has 0 heterocycles. The SMILES string of the molecule is Cc1cc(N)ccc1NC(=O)COc1cccc(CO)c1. The molecule has 0 atom stereocenters. The minimum absolute atomic E-state index is 0.0615. The van der Waals surface area contributed by atoms with Gasteiger partial charge >= 0.3 is 0 Å². The van der Waals surface area contributed by atoms with Gasteiger partial charge in [0.15, 0.2) is 6.61 Å². The van der Waals surface area contributed by atoms with Crippen LogP contribution in [0.4, 0.5) is 11.4 Å². The summed E-state index contributed by atoms with van der Waals surface area (Å²) in [7, 11) is 0. The highest BCUT2D eigenvalue weighted by molar-refractivity contribution is 5.92. The second kappa shape index (κ2) is 6.76. The number of aliphatic hydroxyl groups is 1. The maximum Gasteiger partial charge on any atom is 0.262 e. The maximum atomic E-state index is 11.9. The first-order valence-corrected chi connectivity index (χ1v) is 6.57. The monoisotopic (exact) mass is 286 g/mol. The summed E-state index contributed by atoms with van der Waals surface area (Å²) in [5.41, 5.74) is 8.66. The fourth-order valence-corrected chi connectivity index (χ4v) is 1.90. The van der Waals surface area contributed by atoms with E-state index in [1.165, 1.54) is 0 Å². The molecule has 1 amide bonds. The number of aliphatic hydroxyl groups excluding tert-OH is 1.